The second-order valence-corrected chi connectivity index (χ2v) is 11.1. The largest absolute Gasteiger partial charge is 0.494 e. The second kappa shape index (κ2) is 15.9. The average molecular weight is 636 g/mol. The quantitative estimate of drug-likeness (QED) is 0.0627. The zero-order valence-corrected chi connectivity index (χ0v) is 25.8. The molecular weight excluding hydrogens is 598 g/mol. The van der Waals surface area contributed by atoms with Crippen molar-refractivity contribution in [2.45, 2.75) is 37.1 Å². The van der Waals surface area contributed by atoms with Crippen LogP contribution in [0.5, 0.6) is 5.75 Å². The van der Waals surface area contributed by atoms with Crippen LogP contribution in [0, 0.1) is 0 Å². The molecule has 1 aliphatic heterocycles. The molecule has 4 aromatic carbocycles. The number of rotatable bonds is 15. The Balaban J connectivity index is 1.62. The maximum atomic E-state index is 14.4. The molecular formula is C36H37N5O6. The van der Waals surface area contributed by atoms with Crippen LogP contribution in [0.2, 0.25) is 0 Å². The van der Waals surface area contributed by atoms with Crippen LogP contribution in [0.15, 0.2) is 113 Å². The highest BCUT2D eigenvalue weighted by Crippen LogP contribution is 2.43. The molecule has 4 aromatic rings. The molecule has 0 aliphatic carbocycles. The number of hydrogen-bond acceptors (Lipinski definition) is 8. The maximum Gasteiger partial charge on any atom is 0.253 e. The van der Waals surface area contributed by atoms with Crippen LogP contribution in [-0.2, 0) is 22.5 Å². The Morgan fingerprint density at radius 1 is 0.894 bits per heavy atom. The Bertz CT molecular complexity index is 1700. The van der Waals surface area contributed by atoms with E-state index in [2.05, 4.69) is 15.3 Å². The number of nitrogens with zero attached hydrogens (tertiary/aromatic N) is 4. The standard InChI is InChI=1S/C36H37N5O6/c37-41-38-22-30-10-5-4-9-29(30)21-36(35(45)39-31(23-43)24-44)33(27-13-11-26(12-14-27)25-7-2-1-3-8-25)47-34(40-36)28-15-17-32(18-16-28)46-20-6-19-42/h1-5,7-18,31,33,42-44H,6,19-24H2,(H,39,45)/t33-,36-/m1/s1. The molecule has 0 radical (unpaired) electrons. The molecule has 2 atom stereocenters. The van der Waals surface area contributed by atoms with E-state index in [0.29, 0.717) is 29.9 Å². The van der Waals surface area contributed by atoms with E-state index >= 15 is 0 Å². The number of hydrogen-bond donors (Lipinski definition) is 4. The fourth-order valence-corrected chi connectivity index (χ4v) is 5.51. The first-order chi connectivity index (χ1) is 23.0. The van der Waals surface area contributed by atoms with E-state index in [4.69, 9.17) is 25.1 Å². The number of carbonyl (C=O) groups excluding carboxylic acids is 1. The Morgan fingerprint density at radius 3 is 2.19 bits per heavy atom. The van der Waals surface area contributed by atoms with Crippen molar-refractivity contribution in [1.82, 2.24) is 5.32 Å². The molecule has 0 spiro atoms. The summed E-state index contributed by atoms with van der Waals surface area (Å²) in [5, 5.41) is 35.4. The fraction of sp³-hybridized carbons (Fsp3) is 0.278. The van der Waals surface area contributed by atoms with E-state index < -0.39 is 36.8 Å². The molecule has 1 amide bonds. The SMILES string of the molecule is [N-]=[N+]=NCc1ccccc1C[C@@]1(C(=O)NC(CO)CO)N=C(c2ccc(OCCCO)cc2)O[C@@H]1c1ccc(-c2ccccc2)cc1. The molecule has 5 rings (SSSR count). The topological polar surface area (TPSA) is 169 Å². The minimum atomic E-state index is -1.59. The van der Waals surface area contributed by atoms with Crippen molar-refractivity contribution in [2.75, 3.05) is 26.4 Å². The summed E-state index contributed by atoms with van der Waals surface area (Å²) in [6, 6.07) is 31.2. The van der Waals surface area contributed by atoms with Crippen molar-refractivity contribution in [3.8, 4) is 16.9 Å². The van der Waals surface area contributed by atoms with Crippen LogP contribution in [0.1, 0.15) is 34.8 Å². The first-order valence-corrected chi connectivity index (χ1v) is 15.4. The first-order valence-electron chi connectivity index (χ1n) is 15.4. The summed E-state index contributed by atoms with van der Waals surface area (Å²) in [5.41, 5.74) is 12.2. The van der Waals surface area contributed by atoms with Crippen molar-refractivity contribution in [3.63, 3.8) is 0 Å². The number of amides is 1. The third kappa shape index (κ3) is 7.79. The van der Waals surface area contributed by atoms with E-state index in [0.717, 1.165) is 22.3 Å². The van der Waals surface area contributed by atoms with E-state index in [1.54, 1.807) is 24.3 Å². The number of nitrogens with one attached hydrogen (secondary N) is 1. The van der Waals surface area contributed by atoms with Crippen LogP contribution >= 0.6 is 0 Å². The molecule has 0 fully saturated rings. The lowest BCUT2D eigenvalue weighted by atomic mass is 9.80. The lowest BCUT2D eigenvalue weighted by molar-refractivity contribution is -0.130. The molecule has 11 heteroatoms. The molecule has 0 aromatic heterocycles. The van der Waals surface area contributed by atoms with Crippen LogP contribution in [-0.4, -0.2) is 65.1 Å². The molecule has 1 heterocycles. The normalized spacial score (nSPS) is 17.0. The van der Waals surface area contributed by atoms with Gasteiger partial charge in [0.05, 0.1) is 32.4 Å². The van der Waals surface area contributed by atoms with Gasteiger partial charge in [-0.15, -0.1) is 0 Å². The van der Waals surface area contributed by atoms with Gasteiger partial charge in [0.2, 0.25) is 5.90 Å². The predicted octanol–water partition coefficient (Wildman–Crippen LogP) is 4.89. The molecule has 47 heavy (non-hydrogen) atoms. The highest BCUT2D eigenvalue weighted by atomic mass is 16.5. The highest BCUT2D eigenvalue weighted by molar-refractivity contribution is 6.01. The van der Waals surface area contributed by atoms with Gasteiger partial charge in [-0.05, 0) is 57.6 Å². The van der Waals surface area contributed by atoms with Gasteiger partial charge in [0.25, 0.3) is 5.91 Å². The summed E-state index contributed by atoms with van der Waals surface area (Å²) in [5.74, 6) is 0.301. The van der Waals surface area contributed by atoms with Gasteiger partial charge < -0.3 is 30.1 Å². The van der Waals surface area contributed by atoms with Gasteiger partial charge in [-0.1, -0.05) is 84.0 Å². The van der Waals surface area contributed by atoms with Gasteiger partial charge in [0, 0.05) is 29.9 Å². The Labute approximate surface area is 272 Å². The van der Waals surface area contributed by atoms with E-state index in [9.17, 15) is 15.0 Å². The zero-order valence-electron chi connectivity index (χ0n) is 25.8. The summed E-state index contributed by atoms with van der Waals surface area (Å²) < 4.78 is 12.3. The van der Waals surface area contributed by atoms with Gasteiger partial charge in [0.15, 0.2) is 11.6 Å². The minimum absolute atomic E-state index is 0.0278. The lowest BCUT2D eigenvalue weighted by Crippen LogP contribution is -2.54. The Hall–Kier alpha value is -5.19. The predicted molar refractivity (Wildman–Crippen MR) is 178 cm³/mol. The molecule has 11 nitrogen and oxygen atoms in total. The van der Waals surface area contributed by atoms with E-state index in [-0.39, 0.29) is 25.5 Å². The molecule has 1 aliphatic rings. The zero-order chi connectivity index (χ0) is 33.1. The molecule has 0 bridgehead atoms. The third-order valence-electron chi connectivity index (χ3n) is 8.01. The minimum Gasteiger partial charge on any atom is -0.494 e. The fourth-order valence-electron chi connectivity index (χ4n) is 5.51. The van der Waals surface area contributed by atoms with Gasteiger partial charge in [-0.2, -0.15) is 0 Å². The van der Waals surface area contributed by atoms with Gasteiger partial charge in [-0.3, -0.25) is 4.79 Å². The molecule has 0 unspecified atom stereocenters. The number of benzene rings is 4. The highest BCUT2D eigenvalue weighted by Gasteiger charge is 2.53. The monoisotopic (exact) mass is 635 g/mol. The number of ether oxygens (including phenoxy) is 2. The van der Waals surface area contributed by atoms with Crippen LogP contribution in [0.3, 0.4) is 0 Å². The smallest absolute Gasteiger partial charge is 0.253 e. The van der Waals surface area contributed by atoms with E-state index in [1.807, 2.05) is 78.9 Å². The number of aliphatic hydroxyl groups excluding tert-OH is 3. The van der Waals surface area contributed by atoms with Gasteiger partial charge in [0.1, 0.15) is 5.75 Å². The van der Waals surface area contributed by atoms with Crippen LogP contribution in [0.4, 0.5) is 0 Å². The summed E-state index contributed by atoms with van der Waals surface area (Å²) in [7, 11) is 0. The Morgan fingerprint density at radius 2 is 1.53 bits per heavy atom. The van der Waals surface area contributed by atoms with Crippen molar-refractivity contribution in [1.29, 1.82) is 0 Å². The van der Waals surface area contributed by atoms with Crippen molar-refractivity contribution in [3.05, 3.63) is 136 Å². The van der Waals surface area contributed by atoms with E-state index in [1.165, 1.54) is 0 Å². The molecule has 4 N–H and O–H groups in total. The molecule has 0 saturated carbocycles. The first kappa shape index (κ1) is 33.2. The van der Waals surface area contributed by atoms with Crippen LogP contribution in [0.25, 0.3) is 21.6 Å². The third-order valence-corrected chi connectivity index (χ3v) is 8.01. The number of aliphatic hydroxyl groups is 3. The van der Waals surface area contributed by atoms with Gasteiger partial charge >= 0.3 is 0 Å². The average Bonchev–Trinajstić information content (AvgIpc) is 3.51. The summed E-state index contributed by atoms with van der Waals surface area (Å²) in [6.07, 6.45) is -0.339. The number of aliphatic imine (C=N–C) groups is 1. The second-order valence-electron chi connectivity index (χ2n) is 11.1. The maximum absolute atomic E-state index is 14.4. The Kier molecular flexibility index (Phi) is 11.2. The summed E-state index contributed by atoms with van der Waals surface area (Å²) >= 11 is 0. The number of carbonyl (C=O) groups is 1. The molecule has 242 valence electrons. The van der Waals surface area contributed by atoms with Gasteiger partial charge in [-0.25, -0.2) is 4.99 Å². The van der Waals surface area contributed by atoms with Crippen molar-refractivity contribution in [2.24, 2.45) is 10.1 Å². The van der Waals surface area contributed by atoms with Crippen molar-refractivity contribution < 1.29 is 29.6 Å². The summed E-state index contributed by atoms with van der Waals surface area (Å²) in [4.78, 5) is 22.4. The molecule has 0 saturated heterocycles. The summed E-state index contributed by atoms with van der Waals surface area (Å²) in [6.45, 7) is -0.482. The van der Waals surface area contributed by atoms with Crippen LogP contribution < -0.4 is 10.1 Å². The van der Waals surface area contributed by atoms with Crippen molar-refractivity contribution >= 4 is 11.8 Å². The lowest BCUT2D eigenvalue weighted by Gasteiger charge is -2.32. The number of azide groups is 1.